The zero-order chi connectivity index (χ0) is 21.3. The molecule has 0 saturated carbocycles. The molecule has 7 heteroatoms. The van der Waals surface area contributed by atoms with Crippen molar-refractivity contribution in [1.29, 1.82) is 0 Å². The van der Waals surface area contributed by atoms with Crippen LogP contribution in [0.3, 0.4) is 0 Å². The summed E-state index contributed by atoms with van der Waals surface area (Å²) in [4.78, 5) is 27.9. The molecule has 1 heterocycles. The summed E-state index contributed by atoms with van der Waals surface area (Å²) < 4.78 is 23.8. The van der Waals surface area contributed by atoms with Crippen LogP contribution in [0.4, 0.5) is 4.39 Å². The van der Waals surface area contributed by atoms with Crippen molar-refractivity contribution in [2.24, 2.45) is 5.73 Å². The van der Waals surface area contributed by atoms with E-state index in [-0.39, 0.29) is 0 Å². The van der Waals surface area contributed by atoms with E-state index in [0.29, 0.717) is 17.9 Å². The summed E-state index contributed by atoms with van der Waals surface area (Å²) in [6.45, 7) is 0.347. The summed E-state index contributed by atoms with van der Waals surface area (Å²) in [6, 6.07) is 17.6. The quantitative estimate of drug-likeness (QED) is 0.456. The van der Waals surface area contributed by atoms with Crippen molar-refractivity contribution in [3.05, 3.63) is 102 Å². The van der Waals surface area contributed by atoms with Gasteiger partial charge in [-0.2, -0.15) is 0 Å². The van der Waals surface area contributed by atoms with Gasteiger partial charge in [0.25, 0.3) is 5.91 Å². The number of ether oxygens (including phenoxy) is 2. The first kappa shape index (κ1) is 20.7. The Bertz CT molecular complexity index is 1020. The van der Waals surface area contributed by atoms with Gasteiger partial charge in [-0.25, -0.2) is 9.18 Å². The van der Waals surface area contributed by atoms with Gasteiger partial charge in [0.05, 0.1) is 5.69 Å². The maximum Gasteiger partial charge on any atom is 0.331 e. The van der Waals surface area contributed by atoms with Crippen LogP contribution in [0.25, 0.3) is 6.08 Å². The van der Waals surface area contributed by atoms with Gasteiger partial charge >= 0.3 is 5.97 Å². The number of esters is 1. The molecule has 30 heavy (non-hydrogen) atoms. The van der Waals surface area contributed by atoms with E-state index in [1.54, 1.807) is 30.5 Å². The standard InChI is InChI=1S/C23H19FN2O4/c24-18-9-7-17(8-10-18)22(23(25)28)30-21(27)13-6-16-4-11-20(12-5-16)29-15-19-3-1-2-14-26-19/h1-14,22H,15H2,(H2,25,28)/b13-6+. The second-order valence-corrected chi connectivity index (χ2v) is 6.28. The monoisotopic (exact) mass is 406 g/mol. The number of amides is 1. The Hall–Kier alpha value is -4.00. The first-order valence-corrected chi connectivity index (χ1v) is 9.07. The molecule has 2 aromatic carbocycles. The molecule has 2 N–H and O–H groups in total. The molecular weight excluding hydrogens is 387 g/mol. The molecule has 3 aromatic rings. The van der Waals surface area contributed by atoms with Crippen LogP contribution in [-0.2, 0) is 20.9 Å². The lowest BCUT2D eigenvalue weighted by Gasteiger charge is -2.13. The summed E-state index contributed by atoms with van der Waals surface area (Å²) in [7, 11) is 0. The second kappa shape index (κ2) is 9.97. The minimum absolute atomic E-state index is 0.292. The molecular formula is C23H19FN2O4. The topological polar surface area (TPSA) is 91.5 Å². The van der Waals surface area contributed by atoms with Crippen molar-refractivity contribution in [3.8, 4) is 5.75 Å². The van der Waals surface area contributed by atoms with E-state index >= 15 is 0 Å². The Morgan fingerprint density at radius 2 is 1.77 bits per heavy atom. The van der Waals surface area contributed by atoms with E-state index in [0.717, 1.165) is 23.4 Å². The molecule has 6 nitrogen and oxygen atoms in total. The van der Waals surface area contributed by atoms with Crippen molar-refractivity contribution in [3.63, 3.8) is 0 Å². The number of primary amides is 1. The fourth-order valence-electron chi connectivity index (χ4n) is 2.56. The highest BCUT2D eigenvalue weighted by Gasteiger charge is 2.21. The van der Waals surface area contributed by atoms with Crippen molar-refractivity contribution >= 4 is 18.0 Å². The summed E-state index contributed by atoms with van der Waals surface area (Å²) in [5.74, 6) is -1.41. The zero-order valence-electron chi connectivity index (χ0n) is 15.9. The molecule has 0 radical (unpaired) electrons. The highest BCUT2D eigenvalue weighted by atomic mass is 19.1. The van der Waals surface area contributed by atoms with Crippen molar-refractivity contribution in [2.45, 2.75) is 12.7 Å². The molecule has 0 aliphatic rings. The van der Waals surface area contributed by atoms with Crippen LogP contribution in [0.2, 0.25) is 0 Å². The number of pyridine rings is 1. The van der Waals surface area contributed by atoms with Gasteiger partial charge in [0.2, 0.25) is 6.10 Å². The van der Waals surface area contributed by atoms with E-state index in [4.69, 9.17) is 15.2 Å². The van der Waals surface area contributed by atoms with Gasteiger partial charge in [0.1, 0.15) is 18.2 Å². The number of hydrogen-bond donors (Lipinski definition) is 1. The highest BCUT2D eigenvalue weighted by Crippen LogP contribution is 2.19. The third kappa shape index (κ3) is 6.00. The molecule has 0 spiro atoms. The van der Waals surface area contributed by atoms with Gasteiger partial charge in [-0.15, -0.1) is 0 Å². The third-order valence-corrected chi connectivity index (χ3v) is 4.07. The molecule has 3 rings (SSSR count). The van der Waals surface area contributed by atoms with Crippen LogP contribution >= 0.6 is 0 Å². The van der Waals surface area contributed by atoms with Gasteiger partial charge < -0.3 is 15.2 Å². The third-order valence-electron chi connectivity index (χ3n) is 4.07. The van der Waals surface area contributed by atoms with E-state index in [9.17, 15) is 14.0 Å². The highest BCUT2D eigenvalue weighted by molar-refractivity contribution is 5.90. The number of nitrogens with two attached hydrogens (primary N) is 1. The Morgan fingerprint density at radius 1 is 1.03 bits per heavy atom. The van der Waals surface area contributed by atoms with Crippen LogP contribution in [0.15, 0.2) is 79.0 Å². The molecule has 1 amide bonds. The van der Waals surface area contributed by atoms with Crippen LogP contribution < -0.4 is 10.5 Å². The van der Waals surface area contributed by atoms with E-state index in [1.165, 1.54) is 24.3 Å². The van der Waals surface area contributed by atoms with Crippen LogP contribution in [0.5, 0.6) is 5.75 Å². The SMILES string of the molecule is NC(=O)C(OC(=O)/C=C/c1ccc(OCc2ccccn2)cc1)c1ccc(F)cc1. The molecule has 152 valence electrons. The van der Waals surface area contributed by atoms with E-state index < -0.39 is 23.8 Å². The fourth-order valence-corrected chi connectivity index (χ4v) is 2.56. The second-order valence-electron chi connectivity index (χ2n) is 6.28. The maximum atomic E-state index is 13.0. The lowest BCUT2D eigenvalue weighted by Crippen LogP contribution is -2.25. The van der Waals surface area contributed by atoms with Crippen LogP contribution in [0, 0.1) is 5.82 Å². The smallest absolute Gasteiger partial charge is 0.331 e. The molecule has 0 fully saturated rings. The average molecular weight is 406 g/mol. The molecule has 1 unspecified atom stereocenters. The van der Waals surface area contributed by atoms with Crippen molar-refractivity contribution in [1.82, 2.24) is 4.98 Å². The van der Waals surface area contributed by atoms with Gasteiger partial charge in [-0.3, -0.25) is 9.78 Å². The molecule has 0 bridgehead atoms. The van der Waals surface area contributed by atoms with Crippen molar-refractivity contribution in [2.75, 3.05) is 0 Å². The predicted molar refractivity (Wildman–Crippen MR) is 108 cm³/mol. The Labute approximate surface area is 172 Å². The molecule has 0 aliphatic carbocycles. The number of benzene rings is 2. The molecule has 1 aromatic heterocycles. The molecule has 1 atom stereocenters. The van der Waals surface area contributed by atoms with Gasteiger partial charge in [0, 0.05) is 17.8 Å². The lowest BCUT2D eigenvalue weighted by atomic mass is 10.1. The van der Waals surface area contributed by atoms with E-state index in [2.05, 4.69) is 4.98 Å². The van der Waals surface area contributed by atoms with Crippen LogP contribution in [0.1, 0.15) is 22.9 Å². The largest absolute Gasteiger partial charge is 0.487 e. The number of carbonyl (C=O) groups is 2. The molecule has 0 aliphatic heterocycles. The van der Waals surface area contributed by atoms with Gasteiger partial charge in [0.15, 0.2) is 0 Å². The summed E-state index contributed by atoms with van der Waals surface area (Å²) in [6.07, 6.45) is 3.12. The number of rotatable bonds is 8. The Morgan fingerprint density at radius 3 is 2.40 bits per heavy atom. The minimum Gasteiger partial charge on any atom is -0.487 e. The van der Waals surface area contributed by atoms with Crippen molar-refractivity contribution < 1.29 is 23.5 Å². The Kier molecular flexibility index (Phi) is 6.89. The predicted octanol–water partition coefficient (Wildman–Crippen LogP) is 3.58. The number of nitrogens with zero attached hydrogens (tertiary/aromatic N) is 1. The number of carbonyl (C=O) groups excluding carboxylic acids is 2. The maximum absolute atomic E-state index is 13.0. The first-order chi connectivity index (χ1) is 14.5. The fraction of sp³-hybridized carbons (Fsp3) is 0.0870. The van der Waals surface area contributed by atoms with Gasteiger partial charge in [-0.1, -0.05) is 30.3 Å². The van der Waals surface area contributed by atoms with E-state index in [1.807, 2.05) is 18.2 Å². The summed E-state index contributed by atoms with van der Waals surface area (Å²) in [5.41, 5.74) is 7.13. The number of hydrogen-bond acceptors (Lipinski definition) is 5. The number of halogens is 1. The summed E-state index contributed by atoms with van der Waals surface area (Å²) >= 11 is 0. The molecule has 0 saturated heterocycles. The van der Waals surface area contributed by atoms with Crippen LogP contribution in [-0.4, -0.2) is 16.9 Å². The normalized spacial score (nSPS) is 11.8. The summed E-state index contributed by atoms with van der Waals surface area (Å²) in [5, 5.41) is 0. The minimum atomic E-state index is -1.30. The lowest BCUT2D eigenvalue weighted by molar-refractivity contribution is -0.150. The first-order valence-electron chi connectivity index (χ1n) is 9.07. The average Bonchev–Trinajstić information content (AvgIpc) is 2.76. The van der Waals surface area contributed by atoms with Gasteiger partial charge in [-0.05, 0) is 48.0 Å². The Balaban J connectivity index is 1.57. The zero-order valence-corrected chi connectivity index (χ0v) is 15.9. The number of aromatic nitrogens is 1.